The highest BCUT2D eigenvalue weighted by Gasteiger charge is 2.35. The summed E-state index contributed by atoms with van der Waals surface area (Å²) in [7, 11) is 0. The number of amides is 1. The quantitative estimate of drug-likeness (QED) is 0.632. The average Bonchev–Trinajstić information content (AvgIpc) is 2.75. The summed E-state index contributed by atoms with van der Waals surface area (Å²) in [5.74, 6) is 1.24. The molecular weight excluding hydrogens is 400 g/mol. The molecule has 2 unspecified atom stereocenters. The van der Waals surface area contributed by atoms with Crippen molar-refractivity contribution < 1.29 is 9.53 Å². The van der Waals surface area contributed by atoms with Crippen LogP contribution >= 0.6 is 0 Å². The summed E-state index contributed by atoms with van der Waals surface area (Å²) in [6, 6.07) is 9.53. The number of nitrogens with one attached hydrogen (secondary N) is 1. The van der Waals surface area contributed by atoms with Crippen LogP contribution < -0.4 is 10.1 Å². The summed E-state index contributed by atoms with van der Waals surface area (Å²) in [5, 5.41) is 3.18. The molecule has 2 aromatic heterocycles. The lowest BCUT2D eigenvalue weighted by molar-refractivity contribution is -0.128. The number of aryl methyl sites for hydroxylation is 2. The van der Waals surface area contributed by atoms with E-state index in [0.717, 1.165) is 35.2 Å². The number of carbonyl (C=O) groups is 1. The number of fused-ring (bicyclic) bond motifs is 1. The van der Waals surface area contributed by atoms with Gasteiger partial charge in [-0.3, -0.25) is 9.78 Å². The molecule has 32 heavy (non-hydrogen) atoms. The van der Waals surface area contributed by atoms with Crippen molar-refractivity contribution in [1.29, 1.82) is 0 Å². The van der Waals surface area contributed by atoms with Gasteiger partial charge >= 0.3 is 0 Å². The van der Waals surface area contributed by atoms with Gasteiger partial charge in [0.2, 0.25) is 0 Å². The van der Waals surface area contributed by atoms with Crippen LogP contribution in [0, 0.1) is 19.3 Å². The van der Waals surface area contributed by atoms with E-state index in [1.54, 1.807) is 19.3 Å². The maximum Gasteiger partial charge on any atom is 0.261 e. The smallest absolute Gasteiger partial charge is 0.261 e. The van der Waals surface area contributed by atoms with Crippen LogP contribution in [0.3, 0.4) is 0 Å². The highest BCUT2D eigenvalue weighted by Crippen LogP contribution is 2.40. The van der Waals surface area contributed by atoms with Crippen LogP contribution in [0.2, 0.25) is 0 Å². The molecule has 0 aliphatic heterocycles. The molecule has 0 bridgehead atoms. The summed E-state index contributed by atoms with van der Waals surface area (Å²) in [5.41, 5.74) is 5.24. The second-order valence-corrected chi connectivity index (χ2v) is 9.44. The molecule has 3 aromatic rings. The monoisotopic (exact) mass is 430 g/mol. The van der Waals surface area contributed by atoms with Gasteiger partial charge in [-0.1, -0.05) is 19.9 Å². The fourth-order valence-electron chi connectivity index (χ4n) is 4.15. The third-order valence-corrected chi connectivity index (χ3v) is 6.09. The third-order valence-electron chi connectivity index (χ3n) is 6.09. The molecule has 1 N–H and O–H groups in total. The van der Waals surface area contributed by atoms with Crippen LogP contribution in [-0.4, -0.2) is 27.0 Å². The van der Waals surface area contributed by atoms with Crippen LogP contribution in [0.4, 0.5) is 0 Å². The van der Waals surface area contributed by atoms with E-state index in [4.69, 9.17) is 9.72 Å². The van der Waals surface area contributed by atoms with Crippen molar-refractivity contribution in [2.45, 2.75) is 59.6 Å². The van der Waals surface area contributed by atoms with Crippen LogP contribution in [-0.2, 0) is 11.2 Å². The summed E-state index contributed by atoms with van der Waals surface area (Å²) < 4.78 is 5.92. The van der Waals surface area contributed by atoms with Gasteiger partial charge in [-0.15, -0.1) is 0 Å². The minimum atomic E-state index is -0.609. The number of pyridine rings is 1. The molecule has 1 aliphatic rings. The van der Waals surface area contributed by atoms with Crippen molar-refractivity contribution in [3.8, 4) is 17.1 Å². The van der Waals surface area contributed by atoms with E-state index in [9.17, 15) is 4.79 Å². The standard InChI is InChI=1S/C26H30N4O2/c1-16-6-7-20(12-17(16)2)32-18(3)25(31)30-23-14-26(4,5)13-22-21(23)15-28-24(29-22)19-8-10-27-11-9-19/h6-12,15,18,23H,13-14H2,1-5H3,(H,30,31). The molecular formula is C26H30N4O2. The molecule has 2 heterocycles. The highest BCUT2D eigenvalue weighted by atomic mass is 16.5. The van der Waals surface area contributed by atoms with Gasteiger partial charge in [0.1, 0.15) is 5.75 Å². The van der Waals surface area contributed by atoms with Gasteiger partial charge in [-0.25, -0.2) is 9.97 Å². The zero-order valence-corrected chi connectivity index (χ0v) is 19.3. The number of hydrogen-bond acceptors (Lipinski definition) is 5. The van der Waals surface area contributed by atoms with E-state index in [0.29, 0.717) is 11.6 Å². The molecule has 166 valence electrons. The molecule has 1 aliphatic carbocycles. The van der Waals surface area contributed by atoms with E-state index in [2.05, 4.69) is 36.1 Å². The Morgan fingerprint density at radius 3 is 2.62 bits per heavy atom. The second kappa shape index (κ2) is 8.69. The second-order valence-electron chi connectivity index (χ2n) is 9.44. The minimum Gasteiger partial charge on any atom is -0.481 e. The molecule has 4 rings (SSSR count). The molecule has 0 radical (unpaired) electrons. The maximum atomic E-state index is 13.0. The fraction of sp³-hybridized carbons (Fsp3) is 0.385. The SMILES string of the molecule is Cc1ccc(OC(C)C(=O)NC2CC(C)(C)Cc3nc(-c4ccncc4)ncc32)cc1C. The topological polar surface area (TPSA) is 77.0 Å². The van der Waals surface area contributed by atoms with Crippen molar-refractivity contribution >= 4 is 5.91 Å². The minimum absolute atomic E-state index is 0.00692. The number of hydrogen-bond donors (Lipinski definition) is 1. The maximum absolute atomic E-state index is 13.0. The Morgan fingerprint density at radius 2 is 1.91 bits per heavy atom. The van der Waals surface area contributed by atoms with Crippen molar-refractivity contribution in [1.82, 2.24) is 20.3 Å². The molecule has 0 fully saturated rings. The Hall–Kier alpha value is -3.28. The fourth-order valence-corrected chi connectivity index (χ4v) is 4.15. The van der Waals surface area contributed by atoms with Crippen LogP contribution in [0.15, 0.2) is 48.9 Å². The van der Waals surface area contributed by atoms with Crippen molar-refractivity contribution in [2.75, 3.05) is 0 Å². The summed E-state index contributed by atoms with van der Waals surface area (Å²) >= 11 is 0. The molecule has 6 nitrogen and oxygen atoms in total. The lowest BCUT2D eigenvalue weighted by atomic mass is 9.74. The number of ether oxygens (including phenoxy) is 1. The third kappa shape index (κ3) is 4.79. The van der Waals surface area contributed by atoms with Crippen LogP contribution in [0.25, 0.3) is 11.4 Å². The van der Waals surface area contributed by atoms with Crippen molar-refractivity contribution in [3.63, 3.8) is 0 Å². The first kappa shape index (κ1) is 21.9. The van der Waals surface area contributed by atoms with Gasteiger partial charge in [-0.05, 0) is 74.4 Å². The Kier molecular flexibility index (Phi) is 5.96. The van der Waals surface area contributed by atoms with Gasteiger partial charge in [-0.2, -0.15) is 0 Å². The number of nitrogens with zero attached hydrogens (tertiary/aromatic N) is 3. The van der Waals surface area contributed by atoms with E-state index in [1.165, 1.54) is 5.56 Å². The van der Waals surface area contributed by atoms with Crippen LogP contribution in [0.1, 0.15) is 55.6 Å². The lowest BCUT2D eigenvalue weighted by Crippen LogP contribution is -2.42. The first-order chi connectivity index (χ1) is 15.2. The predicted molar refractivity (Wildman–Crippen MR) is 124 cm³/mol. The molecule has 0 spiro atoms. The lowest BCUT2D eigenvalue weighted by Gasteiger charge is -2.37. The zero-order chi connectivity index (χ0) is 22.9. The summed E-state index contributed by atoms with van der Waals surface area (Å²) in [4.78, 5) is 26.5. The molecule has 2 atom stereocenters. The van der Waals surface area contributed by atoms with E-state index >= 15 is 0 Å². The van der Waals surface area contributed by atoms with E-state index in [-0.39, 0.29) is 17.4 Å². The molecule has 0 saturated carbocycles. The highest BCUT2D eigenvalue weighted by molar-refractivity contribution is 5.81. The normalized spacial score (nSPS) is 17.8. The van der Waals surface area contributed by atoms with Gasteiger partial charge in [0.15, 0.2) is 11.9 Å². The van der Waals surface area contributed by atoms with Gasteiger partial charge < -0.3 is 10.1 Å². The number of carbonyl (C=O) groups excluding carboxylic acids is 1. The molecule has 0 saturated heterocycles. The first-order valence-corrected chi connectivity index (χ1v) is 11.0. The summed E-state index contributed by atoms with van der Waals surface area (Å²) in [6.07, 6.45) is 6.38. The van der Waals surface area contributed by atoms with Crippen LogP contribution in [0.5, 0.6) is 5.75 Å². The Morgan fingerprint density at radius 1 is 1.16 bits per heavy atom. The average molecular weight is 431 g/mol. The molecule has 6 heteroatoms. The molecule has 1 aromatic carbocycles. The number of rotatable bonds is 5. The van der Waals surface area contributed by atoms with Crippen molar-refractivity contribution in [3.05, 3.63) is 71.3 Å². The van der Waals surface area contributed by atoms with Gasteiger partial charge in [0, 0.05) is 29.7 Å². The Labute approximate surface area is 189 Å². The Balaban J connectivity index is 1.53. The van der Waals surface area contributed by atoms with E-state index < -0.39 is 6.10 Å². The van der Waals surface area contributed by atoms with Gasteiger partial charge in [0.05, 0.1) is 11.7 Å². The first-order valence-electron chi connectivity index (χ1n) is 11.0. The Bertz CT molecular complexity index is 1130. The number of aromatic nitrogens is 3. The predicted octanol–water partition coefficient (Wildman–Crippen LogP) is 4.75. The zero-order valence-electron chi connectivity index (χ0n) is 19.3. The number of benzene rings is 1. The largest absolute Gasteiger partial charge is 0.481 e. The summed E-state index contributed by atoms with van der Waals surface area (Å²) in [6.45, 7) is 10.3. The molecule has 1 amide bonds. The van der Waals surface area contributed by atoms with E-state index in [1.807, 2.05) is 43.5 Å². The van der Waals surface area contributed by atoms with Crippen molar-refractivity contribution in [2.24, 2.45) is 5.41 Å². The van der Waals surface area contributed by atoms with Gasteiger partial charge in [0.25, 0.3) is 5.91 Å².